The van der Waals surface area contributed by atoms with E-state index in [1.165, 1.54) is 12.4 Å². The molecule has 8 nitrogen and oxygen atoms in total. The number of anilines is 2. The summed E-state index contributed by atoms with van der Waals surface area (Å²) in [4.78, 5) is 24.7. The van der Waals surface area contributed by atoms with Crippen LogP contribution in [-0.4, -0.2) is 32.0 Å². The Morgan fingerprint density at radius 1 is 1.25 bits per heavy atom. The highest BCUT2D eigenvalue weighted by molar-refractivity contribution is 6.03. The van der Waals surface area contributed by atoms with Crippen LogP contribution in [0.1, 0.15) is 17.4 Å². The zero-order valence-corrected chi connectivity index (χ0v) is 13.0. The number of carbonyl (C=O) groups is 1. The summed E-state index contributed by atoms with van der Waals surface area (Å²) in [5.74, 6) is 0.819. The Labute approximate surface area is 138 Å². The van der Waals surface area contributed by atoms with Gasteiger partial charge in [0.2, 0.25) is 5.88 Å². The fourth-order valence-corrected chi connectivity index (χ4v) is 2.02. The lowest BCUT2D eigenvalue weighted by molar-refractivity contribution is 0.102. The second-order valence-electron chi connectivity index (χ2n) is 4.82. The maximum atomic E-state index is 12.3. The van der Waals surface area contributed by atoms with Crippen molar-refractivity contribution in [2.75, 3.05) is 17.7 Å². The van der Waals surface area contributed by atoms with Crippen molar-refractivity contribution < 1.29 is 9.53 Å². The minimum absolute atomic E-state index is 0.144. The molecule has 0 aliphatic carbocycles. The number of nitrogens with zero attached hydrogens (tertiary/aromatic N) is 4. The van der Waals surface area contributed by atoms with Gasteiger partial charge in [-0.1, -0.05) is 0 Å². The average molecular weight is 324 g/mol. The predicted molar refractivity (Wildman–Crippen MR) is 89.1 cm³/mol. The largest absolute Gasteiger partial charge is 0.477 e. The molecule has 8 heteroatoms. The number of hydrogen-bond donors (Lipinski definition) is 2. The molecule has 1 amide bonds. The molecule has 3 rings (SSSR count). The van der Waals surface area contributed by atoms with E-state index in [4.69, 9.17) is 10.5 Å². The van der Waals surface area contributed by atoms with Crippen LogP contribution in [0.25, 0.3) is 5.82 Å². The minimum atomic E-state index is -0.450. The summed E-state index contributed by atoms with van der Waals surface area (Å²) in [5.41, 5.74) is 6.39. The van der Waals surface area contributed by atoms with Gasteiger partial charge in [-0.25, -0.2) is 15.0 Å². The van der Waals surface area contributed by atoms with E-state index in [9.17, 15) is 4.79 Å². The summed E-state index contributed by atoms with van der Waals surface area (Å²) in [5, 5.41) is 2.65. The highest BCUT2D eigenvalue weighted by atomic mass is 16.5. The van der Waals surface area contributed by atoms with E-state index in [1.807, 2.05) is 36.0 Å². The Hall–Kier alpha value is -3.42. The summed E-state index contributed by atoms with van der Waals surface area (Å²) < 4.78 is 7.01. The predicted octanol–water partition coefficient (Wildman–Crippen LogP) is 1.90. The molecule has 122 valence electrons. The number of nitrogens with one attached hydrogen (secondary N) is 1. The number of rotatable bonds is 5. The molecule has 0 radical (unpaired) electrons. The van der Waals surface area contributed by atoms with E-state index in [2.05, 4.69) is 20.3 Å². The molecule has 0 aliphatic heterocycles. The lowest BCUT2D eigenvalue weighted by Crippen LogP contribution is -2.17. The van der Waals surface area contributed by atoms with Gasteiger partial charge in [0, 0.05) is 12.4 Å². The van der Waals surface area contributed by atoms with E-state index in [0.29, 0.717) is 24.0 Å². The number of nitrogen functional groups attached to an aromatic ring is 1. The number of aromatic nitrogens is 4. The van der Waals surface area contributed by atoms with Crippen molar-refractivity contribution in [1.82, 2.24) is 19.5 Å². The maximum absolute atomic E-state index is 12.3. The topological polar surface area (TPSA) is 108 Å². The molecule has 3 aromatic rings. The molecule has 0 saturated heterocycles. The van der Waals surface area contributed by atoms with Gasteiger partial charge in [0.15, 0.2) is 5.82 Å². The van der Waals surface area contributed by atoms with Gasteiger partial charge in [0.05, 0.1) is 24.7 Å². The van der Waals surface area contributed by atoms with Gasteiger partial charge in [-0.2, -0.15) is 0 Å². The van der Waals surface area contributed by atoms with Crippen LogP contribution in [0.3, 0.4) is 0 Å². The van der Waals surface area contributed by atoms with Gasteiger partial charge in [-0.3, -0.25) is 4.79 Å². The first-order valence-electron chi connectivity index (χ1n) is 7.33. The Kier molecular flexibility index (Phi) is 4.37. The van der Waals surface area contributed by atoms with Crippen LogP contribution in [0.15, 0.2) is 49.1 Å². The number of nitrogens with two attached hydrogens (primary N) is 1. The molecule has 0 bridgehead atoms. The Balaban J connectivity index is 1.79. The van der Waals surface area contributed by atoms with Gasteiger partial charge in [-0.15, -0.1) is 0 Å². The SMILES string of the molecule is CCOc1cnc(C(=O)Nc2nc(-n3cccc3)ccc2N)cn1. The molecule has 24 heavy (non-hydrogen) atoms. The third kappa shape index (κ3) is 3.32. The molecule has 3 heterocycles. The lowest BCUT2D eigenvalue weighted by Gasteiger charge is -2.10. The highest BCUT2D eigenvalue weighted by Gasteiger charge is 2.12. The van der Waals surface area contributed by atoms with Crippen molar-refractivity contribution in [3.63, 3.8) is 0 Å². The van der Waals surface area contributed by atoms with Crippen LogP contribution in [0.4, 0.5) is 11.5 Å². The summed E-state index contributed by atoms with van der Waals surface area (Å²) in [6, 6.07) is 7.21. The van der Waals surface area contributed by atoms with Gasteiger partial charge < -0.3 is 20.4 Å². The van der Waals surface area contributed by atoms with Crippen LogP contribution in [0.5, 0.6) is 5.88 Å². The molecule has 0 saturated carbocycles. The molecule has 0 spiro atoms. The van der Waals surface area contributed by atoms with Crippen LogP contribution in [-0.2, 0) is 0 Å². The monoisotopic (exact) mass is 324 g/mol. The van der Waals surface area contributed by atoms with Crippen molar-refractivity contribution in [3.05, 3.63) is 54.7 Å². The Bertz CT molecular complexity index is 830. The fraction of sp³-hybridized carbons (Fsp3) is 0.125. The van der Waals surface area contributed by atoms with Crippen molar-refractivity contribution >= 4 is 17.4 Å². The van der Waals surface area contributed by atoms with E-state index < -0.39 is 5.91 Å². The van der Waals surface area contributed by atoms with E-state index in [-0.39, 0.29) is 11.5 Å². The third-order valence-electron chi connectivity index (χ3n) is 3.17. The number of amides is 1. The quantitative estimate of drug-likeness (QED) is 0.742. The maximum Gasteiger partial charge on any atom is 0.277 e. The lowest BCUT2D eigenvalue weighted by atomic mass is 10.3. The first-order chi connectivity index (χ1) is 11.7. The summed E-state index contributed by atoms with van der Waals surface area (Å²) in [7, 11) is 0. The number of hydrogen-bond acceptors (Lipinski definition) is 6. The van der Waals surface area contributed by atoms with Crippen molar-refractivity contribution in [2.24, 2.45) is 0 Å². The number of carbonyl (C=O) groups excluding carboxylic acids is 1. The first-order valence-corrected chi connectivity index (χ1v) is 7.33. The summed E-state index contributed by atoms with van der Waals surface area (Å²) in [6.07, 6.45) is 6.43. The average Bonchev–Trinajstić information content (AvgIpc) is 3.12. The first kappa shape index (κ1) is 15.5. The second kappa shape index (κ2) is 6.78. The van der Waals surface area contributed by atoms with Gasteiger partial charge in [0.25, 0.3) is 5.91 Å². The van der Waals surface area contributed by atoms with Gasteiger partial charge >= 0.3 is 0 Å². The zero-order valence-electron chi connectivity index (χ0n) is 13.0. The molecular formula is C16H16N6O2. The van der Waals surface area contributed by atoms with Crippen LogP contribution in [0.2, 0.25) is 0 Å². The normalized spacial score (nSPS) is 10.4. The summed E-state index contributed by atoms with van der Waals surface area (Å²) in [6.45, 7) is 2.32. The molecule has 0 fully saturated rings. The summed E-state index contributed by atoms with van der Waals surface area (Å²) >= 11 is 0. The number of pyridine rings is 1. The highest BCUT2D eigenvalue weighted by Crippen LogP contribution is 2.19. The zero-order chi connectivity index (χ0) is 16.9. The molecule has 0 unspecified atom stereocenters. The molecule has 0 aromatic carbocycles. The molecule has 3 N–H and O–H groups in total. The Morgan fingerprint density at radius 3 is 2.71 bits per heavy atom. The number of ether oxygens (including phenoxy) is 1. The van der Waals surface area contributed by atoms with Crippen LogP contribution in [0, 0.1) is 0 Å². The van der Waals surface area contributed by atoms with E-state index >= 15 is 0 Å². The fourth-order valence-electron chi connectivity index (χ4n) is 2.02. The smallest absolute Gasteiger partial charge is 0.277 e. The molecule has 3 aromatic heterocycles. The minimum Gasteiger partial charge on any atom is -0.477 e. The van der Waals surface area contributed by atoms with Crippen molar-refractivity contribution in [3.8, 4) is 11.7 Å². The third-order valence-corrected chi connectivity index (χ3v) is 3.17. The van der Waals surface area contributed by atoms with Crippen molar-refractivity contribution in [1.29, 1.82) is 0 Å². The van der Waals surface area contributed by atoms with E-state index in [1.54, 1.807) is 12.1 Å². The van der Waals surface area contributed by atoms with Crippen LogP contribution < -0.4 is 15.8 Å². The van der Waals surface area contributed by atoms with Crippen LogP contribution >= 0.6 is 0 Å². The van der Waals surface area contributed by atoms with E-state index in [0.717, 1.165) is 0 Å². The molecular weight excluding hydrogens is 308 g/mol. The van der Waals surface area contributed by atoms with Gasteiger partial charge in [-0.05, 0) is 31.2 Å². The molecule has 0 aliphatic rings. The standard InChI is InChI=1S/C16H16N6O2/c1-2-24-14-10-18-12(9-19-14)16(23)21-15-11(17)5-6-13(20-15)22-7-3-4-8-22/h3-10H,2,17H2,1H3,(H,20,21,23). The van der Waals surface area contributed by atoms with Gasteiger partial charge in [0.1, 0.15) is 11.5 Å². The molecule has 0 atom stereocenters. The Morgan fingerprint density at radius 2 is 2.04 bits per heavy atom. The van der Waals surface area contributed by atoms with Crippen molar-refractivity contribution in [2.45, 2.75) is 6.92 Å². The second-order valence-corrected chi connectivity index (χ2v) is 4.82.